The highest BCUT2D eigenvalue weighted by Crippen LogP contribution is 2.21. The molecule has 0 aliphatic rings. The average Bonchev–Trinajstić information content (AvgIpc) is 3.09. The number of fused-ring (bicyclic) bond motifs is 1. The molecule has 1 amide bonds. The summed E-state index contributed by atoms with van der Waals surface area (Å²) in [5, 5.41) is 6.67. The van der Waals surface area contributed by atoms with Gasteiger partial charge in [-0.3, -0.25) is 14.2 Å². The lowest BCUT2D eigenvalue weighted by Crippen LogP contribution is -2.25. The van der Waals surface area contributed by atoms with Gasteiger partial charge in [-0.15, -0.1) is 11.3 Å². The van der Waals surface area contributed by atoms with E-state index in [0.717, 1.165) is 5.69 Å². The second-order valence-electron chi connectivity index (χ2n) is 6.92. The molecule has 0 aliphatic heterocycles. The molecule has 0 saturated heterocycles. The highest BCUT2D eigenvalue weighted by molar-refractivity contribution is 7.99. The van der Waals surface area contributed by atoms with Gasteiger partial charge in [0.25, 0.3) is 5.56 Å². The second-order valence-corrected chi connectivity index (χ2v) is 9.15. The first-order valence-electron chi connectivity index (χ1n) is 9.50. The van der Waals surface area contributed by atoms with Crippen molar-refractivity contribution in [2.75, 3.05) is 17.7 Å². The number of aryl methyl sites for hydroxylation is 1. The lowest BCUT2D eigenvalue weighted by atomic mass is 10.2. The molecule has 10 heteroatoms. The number of ether oxygens (including phenoxy) is 1. The van der Waals surface area contributed by atoms with Gasteiger partial charge in [-0.05, 0) is 45.4 Å². The van der Waals surface area contributed by atoms with Crippen molar-refractivity contribution in [3.8, 4) is 0 Å². The summed E-state index contributed by atoms with van der Waals surface area (Å²) in [5.41, 5.74) is 1.22. The lowest BCUT2D eigenvalue weighted by molar-refractivity contribution is -0.113. The van der Waals surface area contributed by atoms with E-state index < -0.39 is 0 Å². The lowest BCUT2D eigenvalue weighted by Gasteiger charge is -2.14. The van der Waals surface area contributed by atoms with Crippen LogP contribution >= 0.6 is 34.7 Å². The minimum atomic E-state index is -0.204. The SMILES string of the molecule is Cc1csc(NC(=O)CSc2nc3cc(Cl)ccc3c(=O)n2CCCOC(C)C)n1. The first kappa shape index (κ1) is 22.7. The number of carbonyl (C=O) groups excluding carboxylic acids is 1. The minimum absolute atomic E-state index is 0.111. The van der Waals surface area contributed by atoms with E-state index in [1.165, 1.54) is 23.1 Å². The molecular formula is C20H23ClN4O3S2. The Bertz CT molecular complexity index is 1100. The number of nitrogens with zero attached hydrogens (tertiary/aromatic N) is 3. The smallest absolute Gasteiger partial charge is 0.262 e. The number of halogens is 1. The van der Waals surface area contributed by atoms with Crippen molar-refractivity contribution >= 4 is 56.6 Å². The third-order valence-electron chi connectivity index (χ3n) is 4.06. The van der Waals surface area contributed by atoms with Gasteiger partial charge < -0.3 is 10.1 Å². The Balaban J connectivity index is 1.79. The van der Waals surface area contributed by atoms with E-state index >= 15 is 0 Å². The molecule has 2 heterocycles. The van der Waals surface area contributed by atoms with Crippen molar-refractivity contribution < 1.29 is 9.53 Å². The van der Waals surface area contributed by atoms with Gasteiger partial charge in [0.2, 0.25) is 5.91 Å². The molecule has 30 heavy (non-hydrogen) atoms. The number of carbonyl (C=O) groups is 1. The number of anilines is 1. The highest BCUT2D eigenvalue weighted by Gasteiger charge is 2.14. The quantitative estimate of drug-likeness (QED) is 0.286. The van der Waals surface area contributed by atoms with Crippen LogP contribution in [-0.4, -0.2) is 38.9 Å². The van der Waals surface area contributed by atoms with Crippen molar-refractivity contribution in [3.05, 3.63) is 44.6 Å². The van der Waals surface area contributed by atoms with Gasteiger partial charge >= 0.3 is 0 Å². The monoisotopic (exact) mass is 466 g/mol. The molecular weight excluding hydrogens is 444 g/mol. The molecule has 0 atom stereocenters. The minimum Gasteiger partial charge on any atom is -0.379 e. The summed E-state index contributed by atoms with van der Waals surface area (Å²) in [6.45, 7) is 6.80. The third-order valence-corrected chi connectivity index (χ3v) is 6.14. The highest BCUT2D eigenvalue weighted by atomic mass is 35.5. The van der Waals surface area contributed by atoms with Gasteiger partial charge in [0.15, 0.2) is 10.3 Å². The summed E-state index contributed by atoms with van der Waals surface area (Å²) >= 11 is 8.66. The number of benzene rings is 1. The summed E-state index contributed by atoms with van der Waals surface area (Å²) in [6, 6.07) is 5.02. The Hall–Kier alpha value is -1.94. The number of rotatable bonds is 9. The fourth-order valence-corrected chi connectivity index (χ4v) is 4.42. The molecule has 3 aromatic rings. The van der Waals surface area contributed by atoms with Crippen LogP contribution in [0.2, 0.25) is 5.02 Å². The van der Waals surface area contributed by atoms with Gasteiger partial charge in [-0.2, -0.15) is 0 Å². The predicted octanol–water partition coefficient (Wildman–Crippen LogP) is 4.36. The van der Waals surface area contributed by atoms with Crippen molar-refractivity contribution in [3.63, 3.8) is 0 Å². The Labute approximate surface area is 187 Å². The number of hydrogen-bond acceptors (Lipinski definition) is 7. The van der Waals surface area contributed by atoms with Crippen molar-refractivity contribution in [2.24, 2.45) is 0 Å². The molecule has 0 fully saturated rings. The second kappa shape index (κ2) is 10.4. The van der Waals surface area contributed by atoms with E-state index in [0.29, 0.717) is 45.8 Å². The molecule has 3 rings (SSSR count). The topological polar surface area (TPSA) is 86.1 Å². The molecule has 0 aliphatic carbocycles. The van der Waals surface area contributed by atoms with Crippen LogP contribution in [0.4, 0.5) is 5.13 Å². The third kappa shape index (κ3) is 6.04. The number of aromatic nitrogens is 3. The molecule has 7 nitrogen and oxygen atoms in total. The molecule has 2 aromatic heterocycles. The van der Waals surface area contributed by atoms with Crippen LogP contribution in [0.3, 0.4) is 0 Å². The Morgan fingerprint density at radius 2 is 2.17 bits per heavy atom. The first-order valence-corrected chi connectivity index (χ1v) is 11.7. The fourth-order valence-electron chi connectivity index (χ4n) is 2.72. The number of thioether (sulfide) groups is 1. The van der Waals surface area contributed by atoms with E-state index in [9.17, 15) is 9.59 Å². The van der Waals surface area contributed by atoms with Gasteiger partial charge in [0.05, 0.1) is 28.5 Å². The molecule has 0 bridgehead atoms. The van der Waals surface area contributed by atoms with E-state index in [1.54, 1.807) is 22.8 Å². The maximum atomic E-state index is 13.0. The zero-order valence-electron chi connectivity index (χ0n) is 17.0. The normalized spacial score (nSPS) is 11.4. The van der Waals surface area contributed by atoms with Crippen LogP contribution < -0.4 is 10.9 Å². The van der Waals surface area contributed by atoms with E-state index in [4.69, 9.17) is 16.3 Å². The maximum absolute atomic E-state index is 13.0. The standard InChI is InChI=1S/C20H23ClN4O3S2/c1-12(2)28-8-4-7-25-18(27)15-6-5-14(21)9-16(15)23-20(25)30-11-17(26)24-19-22-13(3)10-29-19/h5-6,9-10,12H,4,7-8,11H2,1-3H3,(H,22,24,26). The zero-order chi connectivity index (χ0) is 21.7. The number of hydrogen-bond donors (Lipinski definition) is 1. The molecule has 0 unspecified atom stereocenters. The molecule has 0 radical (unpaired) electrons. The number of thiazole rings is 1. The Morgan fingerprint density at radius 1 is 1.37 bits per heavy atom. The first-order chi connectivity index (χ1) is 14.3. The fraction of sp³-hybridized carbons (Fsp3) is 0.400. The Kier molecular flexibility index (Phi) is 7.87. The summed E-state index contributed by atoms with van der Waals surface area (Å²) in [4.78, 5) is 34.2. The van der Waals surface area contributed by atoms with Crippen LogP contribution in [0.25, 0.3) is 10.9 Å². The van der Waals surface area contributed by atoms with Crippen molar-refractivity contribution in [1.29, 1.82) is 0 Å². The molecule has 160 valence electrons. The maximum Gasteiger partial charge on any atom is 0.262 e. The van der Waals surface area contributed by atoms with Crippen LogP contribution in [0, 0.1) is 6.92 Å². The molecule has 0 spiro atoms. The molecule has 0 saturated carbocycles. The molecule has 1 N–H and O–H groups in total. The van der Waals surface area contributed by atoms with E-state index in [1.807, 2.05) is 26.2 Å². The largest absolute Gasteiger partial charge is 0.379 e. The van der Waals surface area contributed by atoms with Gasteiger partial charge in [0, 0.05) is 23.6 Å². The Morgan fingerprint density at radius 3 is 2.87 bits per heavy atom. The van der Waals surface area contributed by atoms with E-state index in [2.05, 4.69) is 15.3 Å². The summed E-state index contributed by atoms with van der Waals surface area (Å²) < 4.78 is 7.19. The van der Waals surface area contributed by atoms with Crippen LogP contribution in [-0.2, 0) is 16.1 Å². The average molecular weight is 467 g/mol. The summed E-state index contributed by atoms with van der Waals surface area (Å²) in [7, 11) is 0. The van der Waals surface area contributed by atoms with Gasteiger partial charge in [-0.1, -0.05) is 23.4 Å². The zero-order valence-corrected chi connectivity index (χ0v) is 19.4. The van der Waals surface area contributed by atoms with Crippen molar-refractivity contribution in [1.82, 2.24) is 14.5 Å². The summed E-state index contributed by atoms with van der Waals surface area (Å²) in [6.07, 6.45) is 0.794. The van der Waals surface area contributed by atoms with Gasteiger partial charge in [0.1, 0.15) is 0 Å². The van der Waals surface area contributed by atoms with Crippen LogP contribution in [0.1, 0.15) is 26.0 Å². The number of amides is 1. The van der Waals surface area contributed by atoms with Crippen LogP contribution in [0.5, 0.6) is 0 Å². The van der Waals surface area contributed by atoms with Crippen LogP contribution in [0.15, 0.2) is 33.5 Å². The predicted molar refractivity (Wildman–Crippen MR) is 123 cm³/mol. The van der Waals surface area contributed by atoms with Crippen molar-refractivity contribution in [2.45, 2.75) is 45.0 Å². The molecule has 1 aromatic carbocycles. The van der Waals surface area contributed by atoms with Gasteiger partial charge in [-0.25, -0.2) is 9.97 Å². The number of nitrogens with one attached hydrogen (secondary N) is 1. The summed E-state index contributed by atoms with van der Waals surface area (Å²) in [5.74, 6) is -0.0934. The van der Waals surface area contributed by atoms with E-state index in [-0.39, 0.29) is 23.3 Å².